The Bertz CT molecular complexity index is 314. The lowest BCUT2D eigenvalue weighted by Crippen LogP contribution is -3.18. The molecule has 2 saturated heterocycles. The van der Waals surface area contributed by atoms with Crippen LogP contribution in [-0.4, -0.2) is 65.5 Å². The first-order valence-electron chi connectivity index (χ1n) is 6.31. The van der Waals surface area contributed by atoms with E-state index in [1.165, 1.54) is 0 Å². The van der Waals surface area contributed by atoms with Crippen LogP contribution in [0.2, 0.25) is 0 Å². The molecule has 0 spiro atoms. The Morgan fingerprint density at radius 1 is 1.39 bits per heavy atom. The van der Waals surface area contributed by atoms with Crippen LogP contribution in [0.25, 0.3) is 0 Å². The molecule has 2 heterocycles. The van der Waals surface area contributed by atoms with Gasteiger partial charge >= 0.3 is 0 Å². The largest absolute Gasteiger partial charge is 0.394 e. The van der Waals surface area contributed by atoms with Gasteiger partial charge in [-0.1, -0.05) is 0 Å². The monoisotopic (exact) mass is 261 g/mol. The quantitative estimate of drug-likeness (QED) is 0.357. The fraction of sp³-hybridized carbons (Fsp3) is 0.909. The summed E-state index contributed by atoms with van der Waals surface area (Å²) in [4.78, 5) is 12.1. The summed E-state index contributed by atoms with van der Waals surface area (Å²) in [5.41, 5.74) is 5.30. The molecule has 0 aromatic carbocycles. The highest BCUT2D eigenvalue weighted by Crippen LogP contribution is 2.18. The fourth-order valence-electron chi connectivity index (χ4n) is 2.83. The molecule has 1 amide bonds. The number of ether oxygens (including phenoxy) is 1. The third-order valence-corrected chi connectivity index (χ3v) is 3.91. The van der Waals surface area contributed by atoms with E-state index in [0.29, 0.717) is 6.54 Å². The van der Waals surface area contributed by atoms with Gasteiger partial charge in [-0.05, 0) is 12.8 Å². The van der Waals surface area contributed by atoms with Gasteiger partial charge in [0.25, 0.3) is 0 Å². The molecule has 6 N–H and O–H groups in total. The van der Waals surface area contributed by atoms with Crippen LogP contribution >= 0.6 is 0 Å². The average molecular weight is 261 g/mol. The van der Waals surface area contributed by atoms with Gasteiger partial charge < -0.3 is 30.7 Å². The van der Waals surface area contributed by atoms with E-state index in [1.807, 2.05) is 0 Å². The number of quaternary nitrogens is 1. The van der Waals surface area contributed by atoms with E-state index in [0.717, 1.165) is 24.3 Å². The van der Waals surface area contributed by atoms with Crippen molar-refractivity contribution in [2.24, 2.45) is 11.7 Å². The molecule has 0 radical (unpaired) electrons. The maximum absolute atomic E-state index is 11.2. The Kier molecular flexibility index (Phi) is 4.18. The summed E-state index contributed by atoms with van der Waals surface area (Å²) in [7, 11) is 0. The van der Waals surface area contributed by atoms with E-state index < -0.39 is 24.5 Å². The summed E-state index contributed by atoms with van der Waals surface area (Å²) in [5, 5.41) is 28.6. The zero-order chi connectivity index (χ0) is 13.3. The number of amides is 1. The highest BCUT2D eigenvalue weighted by molar-refractivity contribution is 5.76. The van der Waals surface area contributed by atoms with Crippen LogP contribution in [0.5, 0.6) is 0 Å². The molecule has 0 bridgehead atoms. The number of hydrogen-bond acceptors (Lipinski definition) is 5. The fourth-order valence-corrected chi connectivity index (χ4v) is 2.83. The van der Waals surface area contributed by atoms with Gasteiger partial charge in [0.15, 0.2) is 6.10 Å². The number of nitrogens with one attached hydrogen (secondary N) is 1. The van der Waals surface area contributed by atoms with Gasteiger partial charge in [-0.2, -0.15) is 0 Å². The lowest BCUT2D eigenvalue weighted by atomic mass is 9.96. The van der Waals surface area contributed by atoms with Crippen molar-refractivity contribution in [1.29, 1.82) is 0 Å². The van der Waals surface area contributed by atoms with Crippen molar-refractivity contribution in [1.82, 2.24) is 0 Å². The first kappa shape index (κ1) is 13.7. The number of aliphatic hydroxyl groups is 3. The lowest BCUT2D eigenvalue weighted by molar-refractivity contribution is -0.956. The second-order valence-electron chi connectivity index (χ2n) is 5.11. The second kappa shape index (κ2) is 5.50. The molecule has 2 aliphatic heterocycles. The molecule has 7 nitrogen and oxygen atoms in total. The van der Waals surface area contributed by atoms with Gasteiger partial charge in [0, 0.05) is 0 Å². The topological polar surface area (TPSA) is 117 Å². The van der Waals surface area contributed by atoms with Gasteiger partial charge in [-0.15, -0.1) is 0 Å². The van der Waals surface area contributed by atoms with Gasteiger partial charge in [0.2, 0.25) is 12.1 Å². The average Bonchev–Trinajstić information content (AvgIpc) is 2.66. The maximum atomic E-state index is 11.2. The normalized spacial score (nSPS) is 45.1. The van der Waals surface area contributed by atoms with Gasteiger partial charge in [0.1, 0.15) is 12.2 Å². The van der Waals surface area contributed by atoms with Crippen LogP contribution in [0.4, 0.5) is 0 Å². The van der Waals surface area contributed by atoms with E-state index >= 15 is 0 Å². The Balaban J connectivity index is 2.01. The van der Waals surface area contributed by atoms with Crippen LogP contribution in [-0.2, 0) is 9.53 Å². The number of rotatable bonds is 3. The summed E-state index contributed by atoms with van der Waals surface area (Å²) in [6.07, 6.45) is -1.89. The number of piperidine rings is 1. The van der Waals surface area contributed by atoms with E-state index in [2.05, 4.69) is 0 Å². The molecule has 104 valence electrons. The molecule has 0 aromatic rings. The van der Waals surface area contributed by atoms with Crippen molar-refractivity contribution in [2.45, 2.75) is 37.4 Å². The van der Waals surface area contributed by atoms with Crippen molar-refractivity contribution < 1.29 is 29.8 Å². The molecule has 6 atom stereocenters. The van der Waals surface area contributed by atoms with E-state index in [-0.39, 0.29) is 18.4 Å². The highest BCUT2D eigenvalue weighted by Gasteiger charge is 2.49. The van der Waals surface area contributed by atoms with Crippen molar-refractivity contribution in [3.05, 3.63) is 0 Å². The highest BCUT2D eigenvalue weighted by atomic mass is 16.6. The number of aliphatic hydroxyl groups excluding tert-OH is 3. The lowest BCUT2D eigenvalue weighted by Gasteiger charge is -2.33. The second-order valence-corrected chi connectivity index (χ2v) is 5.11. The van der Waals surface area contributed by atoms with Crippen molar-refractivity contribution >= 4 is 5.91 Å². The van der Waals surface area contributed by atoms with E-state index in [9.17, 15) is 15.0 Å². The maximum Gasteiger partial charge on any atom is 0.226 e. The zero-order valence-electron chi connectivity index (χ0n) is 10.2. The zero-order valence-corrected chi connectivity index (χ0v) is 10.2. The molecule has 2 rings (SSSR count). The molecule has 7 heteroatoms. The molecule has 0 saturated carbocycles. The smallest absolute Gasteiger partial charge is 0.226 e. The summed E-state index contributed by atoms with van der Waals surface area (Å²) < 4.78 is 5.46. The van der Waals surface area contributed by atoms with Crippen LogP contribution in [0.1, 0.15) is 12.8 Å². The van der Waals surface area contributed by atoms with Crippen LogP contribution in [0.15, 0.2) is 0 Å². The molecule has 2 fully saturated rings. The number of hydrogen-bond donors (Lipinski definition) is 5. The Morgan fingerprint density at radius 3 is 2.67 bits per heavy atom. The predicted octanol–water partition coefficient (Wildman–Crippen LogP) is -3.79. The number of nitrogens with two attached hydrogens (primary N) is 1. The minimum Gasteiger partial charge on any atom is -0.394 e. The summed E-state index contributed by atoms with van der Waals surface area (Å²) >= 11 is 0. The molecule has 2 aliphatic rings. The first-order valence-corrected chi connectivity index (χ1v) is 6.31. The number of carbonyl (C=O) groups excluding carboxylic acids is 1. The Morgan fingerprint density at radius 2 is 2.11 bits per heavy atom. The van der Waals surface area contributed by atoms with E-state index in [4.69, 9.17) is 15.6 Å². The molecular formula is C11H21N2O5+. The minimum atomic E-state index is -1.08. The van der Waals surface area contributed by atoms with E-state index in [1.54, 1.807) is 0 Å². The van der Waals surface area contributed by atoms with Crippen LogP contribution in [0, 0.1) is 5.92 Å². The van der Waals surface area contributed by atoms with Crippen molar-refractivity contribution in [3.8, 4) is 0 Å². The number of primary amides is 1. The summed E-state index contributed by atoms with van der Waals surface area (Å²) in [5.74, 6) is -0.547. The SMILES string of the molecule is NC(=O)C1CCC[NH+](C2OC(CO)C(O)C2O)C1. The Labute approximate surface area is 105 Å². The number of carbonyl (C=O) groups is 1. The molecule has 6 unspecified atom stereocenters. The van der Waals surface area contributed by atoms with Gasteiger partial charge in [0.05, 0.1) is 25.6 Å². The third-order valence-electron chi connectivity index (χ3n) is 3.91. The third kappa shape index (κ3) is 2.50. The summed E-state index contributed by atoms with van der Waals surface area (Å²) in [6, 6.07) is 0. The molecule has 0 aliphatic carbocycles. The number of likely N-dealkylation sites (tertiary alicyclic amines) is 1. The van der Waals surface area contributed by atoms with Gasteiger partial charge in [-0.25, -0.2) is 0 Å². The van der Waals surface area contributed by atoms with Crippen LogP contribution in [0.3, 0.4) is 0 Å². The standard InChI is InChI=1S/C11H20N2O5/c12-10(17)6-2-1-3-13(4-6)11-9(16)8(15)7(5-14)18-11/h6-9,11,14-16H,1-5H2,(H2,12,17)/p+1. The predicted molar refractivity (Wildman–Crippen MR) is 60.4 cm³/mol. The van der Waals surface area contributed by atoms with Gasteiger partial charge in [-0.3, -0.25) is 4.79 Å². The van der Waals surface area contributed by atoms with Crippen molar-refractivity contribution in [3.63, 3.8) is 0 Å². The minimum absolute atomic E-state index is 0.213. The first-order chi connectivity index (χ1) is 8.54. The van der Waals surface area contributed by atoms with Crippen molar-refractivity contribution in [2.75, 3.05) is 19.7 Å². The Hall–Kier alpha value is -0.730. The summed E-state index contributed by atoms with van der Waals surface area (Å²) in [6.45, 7) is 0.930. The molecule has 18 heavy (non-hydrogen) atoms. The van der Waals surface area contributed by atoms with Crippen LogP contribution < -0.4 is 10.6 Å². The molecule has 0 aromatic heterocycles. The molecular weight excluding hydrogens is 240 g/mol.